The van der Waals surface area contributed by atoms with Crippen molar-refractivity contribution < 1.29 is 9.72 Å². The van der Waals surface area contributed by atoms with Gasteiger partial charge in [-0.1, -0.05) is 6.92 Å². The van der Waals surface area contributed by atoms with Crippen LogP contribution in [0, 0.1) is 40.7 Å². The van der Waals surface area contributed by atoms with Crippen LogP contribution >= 0.6 is 0 Å². The smallest absolute Gasteiger partial charge is 0.293 e. The Labute approximate surface area is 117 Å². The molecule has 1 aromatic rings. The molecule has 20 heavy (non-hydrogen) atoms. The summed E-state index contributed by atoms with van der Waals surface area (Å²) in [4.78, 5) is 22.6. The van der Waals surface area contributed by atoms with Crippen molar-refractivity contribution in [2.24, 2.45) is 5.41 Å². The minimum atomic E-state index is -1.20. The van der Waals surface area contributed by atoms with Crippen LogP contribution in [0.5, 0.6) is 0 Å². The van der Waals surface area contributed by atoms with Crippen molar-refractivity contribution in [1.29, 1.82) is 5.26 Å². The summed E-state index contributed by atoms with van der Waals surface area (Å²) >= 11 is 0. The van der Waals surface area contributed by atoms with Crippen LogP contribution in [-0.4, -0.2) is 10.8 Å². The number of carbonyl (C=O) groups is 1. The maximum absolute atomic E-state index is 12.1. The van der Waals surface area contributed by atoms with E-state index in [1.54, 1.807) is 26.8 Å². The molecule has 0 aliphatic heterocycles. The molecule has 0 bridgehead atoms. The second-order valence-electron chi connectivity index (χ2n) is 4.96. The highest BCUT2D eigenvalue weighted by Gasteiger charge is 2.32. The lowest BCUT2D eigenvalue weighted by Crippen LogP contribution is -2.31. The first-order valence-corrected chi connectivity index (χ1v) is 6.23. The topological polar surface area (TPSA) is 96.0 Å². The minimum absolute atomic E-state index is 0.123. The first-order chi connectivity index (χ1) is 9.25. The summed E-state index contributed by atoms with van der Waals surface area (Å²) in [5.74, 6) is -0.533. The standard InChI is InChI=1S/C14H17N3O3/c1-5-14(4,8-15)13(18)16-11-6-9(2)10(3)7-12(11)17(19)20/h6-7H,5H2,1-4H3,(H,16,18). The van der Waals surface area contributed by atoms with E-state index < -0.39 is 16.2 Å². The first-order valence-electron chi connectivity index (χ1n) is 6.23. The van der Waals surface area contributed by atoms with Crippen molar-refractivity contribution in [3.63, 3.8) is 0 Å². The van der Waals surface area contributed by atoms with E-state index in [1.807, 2.05) is 6.07 Å². The van der Waals surface area contributed by atoms with Crippen molar-refractivity contribution in [2.75, 3.05) is 5.32 Å². The van der Waals surface area contributed by atoms with E-state index in [9.17, 15) is 14.9 Å². The predicted octanol–water partition coefficient (Wildman–Crippen LogP) is 3.09. The number of aryl methyl sites for hydroxylation is 2. The monoisotopic (exact) mass is 275 g/mol. The molecule has 1 aromatic carbocycles. The van der Waals surface area contributed by atoms with Gasteiger partial charge in [0.15, 0.2) is 0 Å². The summed E-state index contributed by atoms with van der Waals surface area (Å²) in [6.45, 7) is 6.80. The highest BCUT2D eigenvalue weighted by Crippen LogP contribution is 2.30. The Morgan fingerprint density at radius 1 is 1.45 bits per heavy atom. The number of amides is 1. The van der Waals surface area contributed by atoms with Crippen LogP contribution in [0.25, 0.3) is 0 Å². The molecule has 0 fully saturated rings. The second-order valence-corrected chi connectivity index (χ2v) is 4.96. The third-order valence-electron chi connectivity index (χ3n) is 3.51. The molecule has 106 valence electrons. The van der Waals surface area contributed by atoms with Gasteiger partial charge in [-0.3, -0.25) is 14.9 Å². The maximum atomic E-state index is 12.1. The van der Waals surface area contributed by atoms with Gasteiger partial charge in [-0.15, -0.1) is 0 Å². The average Bonchev–Trinajstić information content (AvgIpc) is 2.41. The van der Waals surface area contributed by atoms with E-state index in [1.165, 1.54) is 13.0 Å². The molecule has 1 amide bonds. The van der Waals surface area contributed by atoms with E-state index in [2.05, 4.69) is 5.32 Å². The summed E-state index contributed by atoms with van der Waals surface area (Å²) in [5.41, 5.74) is 0.359. The van der Waals surface area contributed by atoms with Crippen LogP contribution in [0.15, 0.2) is 12.1 Å². The molecule has 0 aliphatic rings. The molecule has 0 aliphatic carbocycles. The minimum Gasteiger partial charge on any atom is -0.319 e. The quantitative estimate of drug-likeness (QED) is 0.674. The van der Waals surface area contributed by atoms with E-state index >= 15 is 0 Å². The number of anilines is 1. The van der Waals surface area contributed by atoms with Crippen LogP contribution < -0.4 is 5.32 Å². The molecule has 0 spiro atoms. The number of hydrogen-bond acceptors (Lipinski definition) is 4. The van der Waals surface area contributed by atoms with E-state index in [0.29, 0.717) is 6.42 Å². The lowest BCUT2D eigenvalue weighted by molar-refractivity contribution is -0.384. The van der Waals surface area contributed by atoms with Gasteiger partial charge in [0.05, 0.1) is 11.0 Å². The molecule has 0 saturated heterocycles. The van der Waals surface area contributed by atoms with Gasteiger partial charge in [0.25, 0.3) is 5.69 Å². The van der Waals surface area contributed by atoms with Crippen LogP contribution in [0.2, 0.25) is 0 Å². The zero-order valence-electron chi connectivity index (χ0n) is 12.0. The normalized spacial score (nSPS) is 13.2. The first kappa shape index (κ1) is 15.6. The highest BCUT2D eigenvalue weighted by atomic mass is 16.6. The molecule has 0 radical (unpaired) electrons. The molecule has 0 saturated carbocycles. The Morgan fingerprint density at radius 3 is 2.45 bits per heavy atom. The Bertz CT molecular complexity index is 604. The fourth-order valence-electron chi connectivity index (χ4n) is 1.60. The van der Waals surface area contributed by atoms with Crippen molar-refractivity contribution in [1.82, 2.24) is 0 Å². The number of nitriles is 1. The fourth-order valence-corrected chi connectivity index (χ4v) is 1.60. The van der Waals surface area contributed by atoms with Gasteiger partial charge in [0, 0.05) is 6.07 Å². The van der Waals surface area contributed by atoms with Crippen LogP contribution in [0.1, 0.15) is 31.4 Å². The molecule has 6 nitrogen and oxygen atoms in total. The number of nitro groups is 1. The molecule has 1 unspecified atom stereocenters. The third-order valence-corrected chi connectivity index (χ3v) is 3.51. The van der Waals surface area contributed by atoms with E-state index in [0.717, 1.165) is 11.1 Å². The summed E-state index contributed by atoms with van der Waals surface area (Å²) in [5, 5.41) is 22.6. The van der Waals surface area contributed by atoms with Gasteiger partial charge < -0.3 is 5.32 Å². The third kappa shape index (κ3) is 2.94. The Kier molecular flexibility index (Phi) is 4.45. The highest BCUT2D eigenvalue weighted by molar-refractivity contribution is 5.98. The van der Waals surface area contributed by atoms with E-state index in [-0.39, 0.29) is 11.4 Å². The molecule has 0 heterocycles. The van der Waals surface area contributed by atoms with Gasteiger partial charge in [0.1, 0.15) is 11.1 Å². The molecule has 1 N–H and O–H groups in total. The molecule has 6 heteroatoms. The van der Waals surface area contributed by atoms with Gasteiger partial charge in [0.2, 0.25) is 5.91 Å². The zero-order chi connectivity index (χ0) is 15.5. The average molecular weight is 275 g/mol. The number of nitrogens with one attached hydrogen (secondary N) is 1. The Hall–Kier alpha value is -2.42. The number of nitro benzene ring substituents is 1. The van der Waals surface area contributed by atoms with Crippen molar-refractivity contribution in [2.45, 2.75) is 34.1 Å². The number of rotatable bonds is 4. The van der Waals surface area contributed by atoms with Gasteiger partial charge in [-0.25, -0.2) is 0 Å². The van der Waals surface area contributed by atoms with Crippen LogP contribution in [0.3, 0.4) is 0 Å². The number of hydrogen-bond donors (Lipinski definition) is 1. The van der Waals surface area contributed by atoms with Crippen molar-refractivity contribution in [3.05, 3.63) is 33.4 Å². The largest absolute Gasteiger partial charge is 0.319 e. The van der Waals surface area contributed by atoms with Gasteiger partial charge in [-0.2, -0.15) is 5.26 Å². The number of nitrogens with zero attached hydrogens (tertiary/aromatic N) is 2. The molecular formula is C14H17N3O3. The van der Waals surface area contributed by atoms with E-state index in [4.69, 9.17) is 5.26 Å². The van der Waals surface area contributed by atoms with Crippen molar-refractivity contribution in [3.8, 4) is 6.07 Å². The van der Waals surface area contributed by atoms with Gasteiger partial charge in [-0.05, 0) is 44.4 Å². The Balaban J connectivity index is 3.22. The SMILES string of the molecule is CCC(C)(C#N)C(=O)Nc1cc(C)c(C)cc1[N+](=O)[O-]. The lowest BCUT2D eigenvalue weighted by Gasteiger charge is -2.19. The summed E-state index contributed by atoms with van der Waals surface area (Å²) < 4.78 is 0. The molecule has 0 aromatic heterocycles. The van der Waals surface area contributed by atoms with Crippen LogP contribution in [0.4, 0.5) is 11.4 Å². The molecular weight excluding hydrogens is 258 g/mol. The fraction of sp³-hybridized carbons (Fsp3) is 0.429. The predicted molar refractivity (Wildman–Crippen MR) is 75.2 cm³/mol. The second kappa shape index (κ2) is 5.70. The number of carbonyl (C=O) groups excluding carboxylic acids is 1. The molecule has 1 rings (SSSR count). The summed E-state index contributed by atoms with van der Waals surface area (Å²) in [6, 6.07) is 4.91. The maximum Gasteiger partial charge on any atom is 0.293 e. The number of benzene rings is 1. The molecule has 1 atom stereocenters. The summed E-state index contributed by atoms with van der Waals surface area (Å²) in [7, 11) is 0. The zero-order valence-corrected chi connectivity index (χ0v) is 12.0. The summed E-state index contributed by atoms with van der Waals surface area (Å²) in [6.07, 6.45) is 0.327. The van der Waals surface area contributed by atoms with Crippen LogP contribution in [-0.2, 0) is 4.79 Å². The van der Waals surface area contributed by atoms with Gasteiger partial charge >= 0.3 is 0 Å². The van der Waals surface area contributed by atoms with Crippen molar-refractivity contribution >= 4 is 17.3 Å². The Morgan fingerprint density at radius 2 is 2.00 bits per heavy atom. The lowest BCUT2D eigenvalue weighted by atomic mass is 9.88.